The highest BCUT2D eigenvalue weighted by Crippen LogP contribution is 2.23. The van der Waals surface area contributed by atoms with Gasteiger partial charge in [-0.3, -0.25) is 9.78 Å². The van der Waals surface area contributed by atoms with Gasteiger partial charge in [0.2, 0.25) is 6.10 Å². The van der Waals surface area contributed by atoms with Gasteiger partial charge in [-0.25, -0.2) is 9.78 Å². The summed E-state index contributed by atoms with van der Waals surface area (Å²) in [6.45, 7) is 0. The smallest absolute Gasteiger partial charge is 0.351 e. The zero-order valence-electron chi connectivity index (χ0n) is 14.0. The van der Waals surface area contributed by atoms with Gasteiger partial charge in [-0.15, -0.1) is 11.3 Å². The number of hydrogen-bond acceptors (Lipinski definition) is 7. The normalized spacial score (nSPS) is 11.6. The molecular formula is C19H16N2O4S. The maximum Gasteiger partial charge on any atom is 0.351 e. The Morgan fingerprint density at radius 3 is 2.58 bits per heavy atom. The number of pyridine rings is 1. The number of benzene rings is 1. The monoisotopic (exact) mass is 368 g/mol. The van der Waals surface area contributed by atoms with Crippen LogP contribution in [0.25, 0.3) is 10.7 Å². The third kappa shape index (κ3) is 4.31. The third-order valence-corrected chi connectivity index (χ3v) is 4.44. The molecule has 3 aromatic rings. The van der Waals surface area contributed by atoms with E-state index in [1.807, 2.05) is 24.3 Å². The van der Waals surface area contributed by atoms with Crippen LogP contribution in [0.5, 0.6) is 0 Å². The lowest BCUT2D eigenvalue weighted by molar-refractivity contribution is -0.166. The first-order chi connectivity index (χ1) is 12.7. The maximum absolute atomic E-state index is 12.3. The van der Waals surface area contributed by atoms with Crippen LogP contribution in [0.4, 0.5) is 0 Å². The second-order valence-electron chi connectivity index (χ2n) is 5.34. The van der Waals surface area contributed by atoms with Gasteiger partial charge in [0.05, 0.1) is 24.9 Å². The predicted octanol–water partition coefficient (Wildman–Crippen LogP) is 3.21. The molecule has 0 saturated carbocycles. The van der Waals surface area contributed by atoms with Crippen LogP contribution in [0.2, 0.25) is 0 Å². The van der Waals surface area contributed by atoms with Gasteiger partial charge in [0.15, 0.2) is 0 Å². The lowest BCUT2D eigenvalue weighted by atomic mass is 10.1. The van der Waals surface area contributed by atoms with E-state index in [4.69, 9.17) is 9.47 Å². The molecule has 2 heterocycles. The van der Waals surface area contributed by atoms with Gasteiger partial charge in [-0.2, -0.15) is 0 Å². The summed E-state index contributed by atoms with van der Waals surface area (Å²) in [6.07, 6.45) is 0.553. The van der Waals surface area contributed by atoms with Gasteiger partial charge in [0.25, 0.3) is 0 Å². The Bertz CT molecular complexity index is 881. The van der Waals surface area contributed by atoms with Crippen molar-refractivity contribution in [1.29, 1.82) is 0 Å². The third-order valence-electron chi connectivity index (χ3n) is 3.53. The van der Waals surface area contributed by atoms with Crippen LogP contribution in [0, 0.1) is 0 Å². The highest BCUT2D eigenvalue weighted by atomic mass is 32.1. The van der Waals surface area contributed by atoms with Gasteiger partial charge >= 0.3 is 11.9 Å². The van der Waals surface area contributed by atoms with Crippen LogP contribution in [-0.2, 0) is 25.5 Å². The lowest BCUT2D eigenvalue weighted by Crippen LogP contribution is -2.22. The van der Waals surface area contributed by atoms with Crippen molar-refractivity contribution in [3.63, 3.8) is 0 Å². The van der Waals surface area contributed by atoms with Crippen molar-refractivity contribution >= 4 is 23.3 Å². The fraction of sp³-hybridized carbons (Fsp3) is 0.158. The average Bonchev–Trinajstić information content (AvgIpc) is 3.15. The van der Waals surface area contributed by atoms with Gasteiger partial charge < -0.3 is 9.47 Å². The summed E-state index contributed by atoms with van der Waals surface area (Å²) < 4.78 is 10.1. The number of carbonyl (C=O) groups is 2. The summed E-state index contributed by atoms with van der Waals surface area (Å²) in [4.78, 5) is 32.9. The van der Waals surface area contributed by atoms with Gasteiger partial charge in [-0.05, 0) is 12.1 Å². The quantitative estimate of drug-likeness (QED) is 0.622. The van der Waals surface area contributed by atoms with Crippen molar-refractivity contribution in [3.8, 4) is 10.7 Å². The number of carbonyl (C=O) groups excluding carboxylic acids is 2. The molecule has 2 aromatic heterocycles. The highest BCUT2D eigenvalue weighted by molar-refractivity contribution is 7.13. The van der Waals surface area contributed by atoms with Gasteiger partial charge in [0.1, 0.15) is 5.01 Å². The van der Waals surface area contributed by atoms with Crippen molar-refractivity contribution < 1.29 is 19.1 Å². The summed E-state index contributed by atoms with van der Waals surface area (Å²) in [6, 6.07) is 14.3. The first-order valence-electron chi connectivity index (χ1n) is 7.85. The molecule has 0 saturated heterocycles. The van der Waals surface area contributed by atoms with E-state index < -0.39 is 18.0 Å². The highest BCUT2D eigenvalue weighted by Gasteiger charge is 2.26. The Labute approximate surface area is 154 Å². The van der Waals surface area contributed by atoms with Crippen LogP contribution in [0.15, 0.2) is 60.1 Å². The molecule has 0 radical (unpaired) electrons. The van der Waals surface area contributed by atoms with Crippen LogP contribution in [0.1, 0.15) is 17.4 Å². The summed E-state index contributed by atoms with van der Waals surface area (Å²) >= 11 is 1.40. The Kier molecular flexibility index (Phi) is 5.70. The maximum atomic E-state index is 12.3. The van der Waals surface area contributed by atoms with Crippen LogP contribution in [-0.4, -0.2) is 29.0 Å². The lowest BCUT2D eigenvalue weighted by Gasteiger charge is -2.15. The number of methoxy groups -OCH3 is 1. The van der Waals surface area contributed by atoms with Crippen molar-refractivity contribution in [3.05, 3.63) is 71.4 Å². The number of aromatic nitrogens is 2. The molecule has 1 aromatic carbocycles. The molecule has 0 bridgehead atoms. The molecule has 7 heteroatoms. The largest absolute Gasteiger partial charge is 0.466 e. The molecule has 0 aliphatic heterocycles. The van der Waals surface area contributed by atoms with E-state index in [-0.39, 0.29) is 6.42 Å². The standard InChI is InChI=1S/C19H16N2O4S/c1-24-19(23)17(13-7-3-2-4-8-13)25-16(22)11-14-12-26-18(21-14)15-9-5-6-10-20-15/h2-10,12,17H,11H2,1H3/t17-/m1/s1. The molecule has 0 unspecified atom stereocenters. The van der Waals surface area contributed by atoms with Gasteiger partial charge in [-0.1, -0.05) is 36.4 Å². The number of ether oxygens (including phenoxy) is 2. The van der Waals surface area contributed by atoms with Gasteiger partial charge in [0, 0.05) is 17.1 Å². The number of hydrogen-bond donors (Lipinski definition) is 0. The average molecular weight is 368 g/mol. The van der Waals surface area contributed by atoms with E-state index in [1.165, 1.54) is 18.4 Å². The first-order valence-corrected chi connectivity index (χ1v) is 8.73. The van der Waals surface area contributed by atoms with E-state index in [2.05, 4.69) is 9.97 Å². The Morgan fingerprint density at radius 1 is 1.12 bits per heavy atom. The molecule has 6 nitrogen and oxygen atoms in total. The van der Waals surface area contributed by atoms with Crippen molar-refractivity contribution in [2.24, 2.45) is 0 Å². The topological polar surface area (TPSA) is 78.4 Å². The summed E-state index contributed by atoms with van der Waals surface area (Å²) in [5, 5.41) is 2.50. The van der Waals surface area contributed by atoms with Crippen LogP contribution in [0.3, 0.4) is 0 Å². The summed E-state index contributed by atoms with van der Waals surface area (Å²) in [7, 11) is 1.26. The zero-order chi connectivity index (χ0) is 18.4. The Hall–Kier alpha value is -3.06. The molecule has 0 amide bonds. The molecule has 3 rings (SSSR count). The molecular weight excluding hydrogens is 352 g/mol. The molecule has 0 aliphatic rings. The molecule has 0 fully saturated rings. The fourth-order valence-corrected chi connectivity index (χ4v) is 3.10. The zero-order valence-corrected chi connectivity index (χ0v) is 14.8. The predicted molar refractivity (Wildman–Crippen MR) is 96.3 cm³/mol. The van der Waals surface area contributed by atoms with E-state index in [9.17, 15) is 9.59 Å². The summed E-state index contributed by atoms with van der Waals surface area (Å²) in [5.41, 5.74) is 1.87. The number of rotatable bonds is 6. The second-order valence-corrected chi connectivity index (χ2v) is 6.20. The van der Waals surface area contributed by atoms with E-state index in [0.717, 1.165) is 10.7 Å². The van der Waals surface area contributed by atoms with Crippen LogP contribution >= 0.6 is 11.3 Å². The van der Waals surface area contributed by atoms with Crippen molar-refractivity contribution in [2.45, 2.75) is 12.5 Å². The molecule has 0 N–H and O–H groups in total. The number of thiazole rings is 1. The number of nitrogens with zero attached hydrogens (tertiary/aromatic N) is 2. The molecule has 26 heavy (non-hydrogen) atoms. The Morgan fingerprint density at radius 2 is 1.88 bits per heavy atom. The van der Waals surface area contributed by atoms with E-state index in [0.29, 0.717) is 11.3 Å². The minimum absolute atomic E-state index is 0.0380. The summed E-state index contributed by atoms with van der Waals surface area (Å²) in [5.74, 6) is -1.18. The fourth-order valence-electron chi connectivity index (χ4n) is 2.30. The molecule has 0 aliphatic carbocycles. The first kappa shape index (κ1) is 17.8. The van der Waals surface area contributed by atoms with E-state index in [1.54, 1.807) is 35.8 Å². The van der Waals surface area contributed by atoms with Crippen molar-refractivity contribution in [2.75, 3.05) is 7.11 Å². The minimum Gasteiger partial charge on any atom is -0.466 e. The van der Waals surface area contributed by atoms with E-state index >= 15 is 0 Å². The molecule has 132 valence electrons. The number of esters is 2. The Balaban J connectivity index is 1.69. The minimum atomic E-state index is -1.09. The molecule has 1 atom stereocenters. The van der Waals surface area contributed by atoms with Crippen LogP contribution < -0.4 is 0 Å². The SMILES string of the molecule is COC(=O)[C@H](OC(=O)Cc1csc(-c2ccccn2)n1)c1ccccc1. The van der Waals surface area contributed by atoms with Crippen molar-refractivity contribution in [1.82, 2.24) is 9.97 Å². The second kappa shape index (κ2) is 8.35. The molecule has 0 spiro atoms.